The van der Waals surface area contributed by atoms with E-state index in [1.54, 1.807) is 17.7 Å². The Labute approximate surface area is 82.9 Å². The lowest BCUT2D eigenvalue weighted by molar-refractivity contribution is 0.785. The molecule has 14 heavy (non-hydrogen) atoms. The van der Waals surface area contributed by atoms with Crippen LogP contribution in [0.4, 0.5) is 5.69 Å². The molecule has 0 bridgehead atoms. The maximum atomic E-state index is 11.1. The summed E-state index contributed by atoms with van der Waals surface area (Å²) in [6, 6.07) is 3.92. The van der Waals surface area contributed by atoms with E-state index in [-0.39, 0.29) is 5.56 Å². The minimum Gasteiger partial charge on any atom is -0.380 e. The van der Waals surface area contributed by atoms with Gasteiger partial charge in [-0.1, -0.05) is 0 Å². The highest BCUT2D eigenvalue weighted by atomic mass is 16.1. The molecule has 0 aliphatic carbocycles. The van der Waals surface area contributed by atoms with Gasteiger partial charge in [0.2, 0.25) is 5.56 Å². The Balaban J connectivity index is 2.09. The highest BCUT2D eigenvalue weighted by Crippen LogP contribution is 2.08. The second kappa shape index (κ2) is 3.84. The summed E-state index contributed by atoms with van der Waals surface area (Å²) in [5.41, 5.74) is 1.04. The monoisotopic (exact) mass is 193 g/mol. The summed E-state index contributed by atoms with van der Waals surface area (Å²) < 4.78 is 1.59. The highest BCUT2D eigenvalue weighted by Gasteiger charge is 2.13. The summed E-state index contributed by atoms with van der Waals surface area (Å²) in [7, 11) is 1.76. The van der Waals surface area contributed by atoms with E-state index in [0.29, 0.717) is 6.04 Å². The van der Waals surface area contributed by atoms with Crippen molar-refractivity contribution in [3.8, 4) is 0 Å². The first-order valence-electron chi connectivity index (χ1n) is 4.89. The summed E-state index contributed by atoms with van der Waals surface area (Å²) in [6.45, 7) is 2.08. The van der Waals surface area contributed by atoms with Crippen LogP contribution < -0.4 is 16.2 Å². The Morgan fingerprint density at radius 2 is 2.43 bits per heavy atom. The summed E-state index contributed by atoms with van der Waals surface area (Å²) in [5.74, 6) is 0. The van der Waals surface area contributed by atoms with Gasteiger partial charge in [0.05, 0.1) is 5.69 Å². The first kappa shape index (κ1) is 9.27. The highest BCUT2D eigenvalue weighted by molar-refractivity contribution is 5.41. The second-order valence-corrected chi connectivity index (χ2v) is 3.70. The Kier molecular flexibility index (Phi) is 2.54. The molecule has 2 rings (SSSR count). The Morgan fingerprint density at radius 3 is 3.07 bits per heavy atom. The van der Waals surface area contributed by atoms with Crippen molar-refractivity contribution in [2.24, 2.45) is 7.05 Å². The van der Waals surface area contributed by atoms with E-state index in [9.17, 15) is 4.79 Å². The third-order valence-electron chi connectivity index (χ3n) is 2.52. The molecule has 0 saturated carbocycles. The standard InChI is InChI=1S/C10H15N3O/c1-13-7-9(2-3-10(13)14)12-8-4-5-11-6-8/h2-3,7-8,11-12H,4-6H2,1H3. The zero-order valence-electron chi connectivity index (χ0n) is 8.29. The number of anilines is 1. The quantitative estimate of drug-likeness (QED) is 0.703. The van der Waals surface area contributed by atoms with E-state index in [0.717, 1.165) is 25.2 Å². The Hall–Kier alpha value is -1.29. The molecule has 2 heterocycles. The molecule has 1 aromatic heterocycles. The Bertz CT molecular complexity index is 366. The summed E-state index contributed by atoms with van der Waals surface area (Å²) in [6.07, 6.45) is 2.98. The number of pyridine rings is 1. The van der Waals surface area contributed by atoms with Crippen LogP contribution in [0.2, 0.25) is 0 Å². The smallest absolute Gasteiger partial charge is 0.250 e. The summed E-state index contributed by atoms with van der Waals surface area (Å²) in [5, 5.41) is 6.67. The van der Waals surface area contributed by atoms with Crippen LogP contribution in [0.5, 0.6) is 0 Å². The van der Waals surface area contributed by atoms with Crippen molar-refractivity contribution in [2.45, 2.75) is 12.5 Å². The maximum absolute atomic E-state index is 11.1. The molecule has 1 unspecified atom stereocenters. The van der Waals surface area contributed by atoms with Crippen molar-refractivity contribution in [1.82, 2.24) is 9.88 Å². The van der Waals surface area contributed by atoms with E-state index < -0.39 is 0 Å². The predicted octanol–water partition coefficient (Wildman–Crippen LogP) is 0.159. The molecule has 0 spiro atoms. The van der Waals surface area contributed by atoms with Crippen molar-refractivity contribution >= 4 is 5.69 Å². The topological polar surface area (TPSA) is 46.1 Å². The van der Waals surface area contributed by atoms with Crippen LogP contribution in [0.3, 0.4) is 0 Å². The van der Waals surface area contributed by atoms with Gasteiger partial charge in [-0.2, -0.15) is 0 Å². The van der Waals surface area contributed by atoms with Gasteiger partial charge in [-0.05, 0) is 19.0 Å². The van der Waals surface area contributed by atoms with Crippen molar-refractivity contribution in [3.05, 3.63) is 28.7 Å². The minimum absolute atomic E-state index is 0.0279. The first-order chi connectivity index (χ1) is 6.75. The van der Waals surface area contributed by atoms with Gasteiger partial charge in [-0.25, -0.2) is 0 Å². The fourth-order valence-corrected chi connectivity index (χ4v) is 1.69. The Morgan fingerprint density at radius 1 is 1.57 bits per heavy atom. The van der Waals surface area contributed by atoms with Gasteiger partial charge in [0.25, 0.3) is 0 Å². The zero-order valence-corrected chi connectivity index (χ0v) is 8.29. The van der Waals surface area contributed by atoms with Gasteiger partial charge >= 0.3 is 0 Å². The molecular weight excluding hydrogens is 178 g/mol. The number of rotatable bonds is 2. The predicted molar refractivity (Wildman–Crippen MR) is 56.6 cm³/mol. The van der Waals surface area contributed by atoms with Gasteiger partial charge in [0.1, 0.15) is 0 Å². The molecule has 0 radical (unpaired) electrons. The number of aryl methyl sites for hydroxylation is 1. The molecule has 1 fully saturated rings. The van der Waals surface area contributed by atoms with Gasteiger partial charge in [0.15, 0.2) is 0 Å². The lowest BCUT2D eigenvalue weighted by Crippen LogP contribution is -2.23. The van der Waals surface area contributed by atoms with Crippen LogP contribution in [0.25, 0.3) is 0 Å². The zero-order chi connectivity index (χ0) is 9.97. The molecule has 1 aliphatic heterocycles. The molecule has 76 valence electrons. The molecule has 2 N–H and O–H groups in total. The van der Waals surface area contributed by atoms with Crippen LogP contribution in [0.15, 0.2) is 23.1 Å². The lowest BCUT2D eigenvalue weighted by atomic mass is 10.2. The molecule has 1 atom stereocenters. The van der Waals surface area contributed by atoms with E-state index in [4.69, 9.17) is 0 Å². The van der Waals surface area contributed by atoms with Gasteiger partial charge in [0, 0.05) is 31.9 Å². The molecule has 4 heteroatoms. The molecule has 0 amide bonds. The largest absolute Gasteiger partial charge is 0.380 e. The van der Waals surface area contributed by atoms with Crippen molar-refractivity contribution in [2.75, 3.05) is 18.4 Å². The fraction of sp³-hybridized carbons (Fsp3) is 0.500. The number of hydrogen-bond donors (Lipinski definition) is 2. The van der Waals surface area contributed by atoms with E-state index in [1.807, 2.05) is 12.3 Å². The van der Waals surface area contributed by atoms with Crippen LogP contribution in [-0.4, -0.2) is 23.7 Å². The number of nitrogens with one attached hydrogen (secondary N) is 2. The van der Waals surface area contributed by atoms with E-state index in [1.165, 1.54) is 0 Å². The van der Waals surface area contributed by atoms with Crippen LogP contribution in [0.1, 0.15) is 6.42 Å². The second-order valence-electron chi connectivity index (χ2n) is 3.70. The van der Waals surface area contributed by atoms with Gasteiger partial charge in [-0.3, -0.25) is 4.79 Å². The van der Waals surface area contributed by atoms with Crippen LogP contribution in [0, 0.1) is 0 Å². The third-order valence-corrected chi connectivity index (χ3v) is 2.52. The van der Waals surface area contributed by atoms with E-state index in [2.05, 4.69) is 10.6 Å². The number of nitrogens with zero attached hydrogens (tertiary/aromatic N) is 1. The van der Waals surface area contributed by atoms with Gasteiger partial charge in [-0.15, -0.1) is 0 Å². The maximum Gasteiger partial charge on any atom is 0.250 e. The number of aromatic nitrogens is 1. The van der Waals surface area contributed by atoms with Crippen LogP contribution in [-0.2, 0) is 7.05 Å². The summed E-state index contributed by atoms with van der Waals surface area (Å²) >= 11 is 0. The molecule has 1 aliphatic rings. The summed E-state index contributed by atoms with van der Waals surface area (Å²) in [4.78, 5) is 11.1. The van der Waals surface area contributed by atoms with Crippen molar-refractivity contribution in [1.29, 1.82) is 0 Å². The average Bonchev–Trinajstić information content (AvgIpc) is 2.64. The molecule has 1 aromatic rings. The minimum atomic E-state index is 0.0279. The normalized spacial score (nSPS) is 21.1. The van der Waals surface area contributed by atoms with Gasteiger partial charge < -0.3 is 15.2 Å². The fourth-order valence-electron chi connectivity index (χ4n) is 1.69. The average molecular weight is 193 g/mol. The SMILES string of the molecule is Cn1cc(NC2CCNC2)ccc1=O. The van der Waals surface area contributed by atoms with Crippen molar-refractivity contribution < 1.29 is 0 Å². The first-order valence-corrected chi connectivity index (χ1v) is 4.89. The molecule has 4 nitrogen and oxygen atoms in total. The van der Waals surface area contributed by atoms with Crippen LogP contribution >= 0.6 is 0 Å². The lowest BCUT2D eigenvalue weighted by Gasteiger charge is -2.13. The molecular formula is C10H15N3O. The molecule has 0 aromatic carbocycles. The van der Waals surface area contributed by atoms with Crippen molar-refractivity contribution in [3.63, 3.8) is 0 Å². The van der Waals surface area contributed by atoms with E-state index >= 15 is 0 Å². The molecule has 1 saturated heterocycles. The third kappa shape index (κ3) is 1.96. The number of hydrogen-bond acceptors (Lipinski definition) is 3.